The third kappa shape index (κ3) is 3.64. The molecule has 0 radical (unpaired) electrons. The molecule has 0 saturated heterocycles. The molecular formula is C25H29NO3. The van der Waals surface area contributed by atoms with Gasteiger partial charge in [-0.1, -0.05) is 39.3 Å². The standard InChI is InChI=1S/C25H29NO3/c1-5-7-19-13-23(27)29-25-17(4)24-20(12-22(19)25)14-26(15-28-24)21-10-8-18(9-11-21)16(3)6-2/h8-13,16H,5-7,14-15H2,1-4H3/t16-/m1/s1. The highest BCUT2D eigenvalue weighted by molar-refractivity contribution is 5.86. The second-order valence-electron chi connectivity index (χ2n) is 8.08. The summed E-state index contributed by atoms with van der Waals surface area (Å²) in [6.45, 7) is 9.85. The van der Waals surface area contributed by atoms with Crippen LogP contribution in [0.15, 0.2) is 45.6 Å². The fourth-order valence-corrected chi connectivity index (χ4v) is 4.17. The zero-order valence-corrected chi connectivity index (χ0v) is 17.7. The number of fused-ring (bicyclic) bond motifs is 2. The lowest BCUT2D eigenvalue weighted by Gasteiger charge is -2.32. The van der Waals surface area contributed by atoms with Crippen molar-refractivity contribution in [2.24, 2.45) is 0 Å². The van der Waals surface area contributed by atoms with E-state index in [9.17, 15) is 4.79 Å². The molecule has 0 unspecified atom stereocenters. The topological polar surface area (TPSA) is 42.7 Å². The van der Waals surface area contributed by atoms with E-state index in [1.165, 1.54) is 5.56 Å². The number of anilines is 1. The van der Waals surface area contributed by atoms with E-state index in [-0.39, 0.29) is 5.63 Å². The van der Waals surface area contributed by atoms with Gasteiger partial charge in [-0.05, 0) is 55.0 Å². The molecule has 0 spiro atoms. The summed E-state index contributed by atoms with van der Waals surface area (Å²) in [6, 6.07) is 12.6. The molecule has 2 heterocycles. The molecule has 0 N–H and O–H groups in total. The minimum atomic E-state index is -0.289. The van der Waals surface area contributed by atoms with Crippen LogP contribution in [0.3, 0.4) is 0 Å². The molecule has 152 valence electrons. The van der Waals surface area contributed by atoms with Crippen molar-refractivity contribution in [3.63, 3.8) is 0 Å². The van der Waals surface area contributed by atoms with Crippen molar-refractivity contribution in [3.05, 3.63) is 69.1 Å². The van der Waals surface area contributed by atoms with Crippen LogP contribution in [0.4, 0.5) is 5.69 Å². The number of benzene rings is 2. The van der Waals surface area contributed by atoms with Crippen LogP contribution in [0, 0.1) is 6.92 Å². The molecular weight excluding hydrogens is 362 g/mol. The van der Waals surface area contributed by atoms with Crippen molar-refractivity contribution in [2.75, 3.05) is 11.6 Å². The van der Waals surface area contributed by atoms with Crippen molar-refractivity contribution in [1.82, 2.24) is 0 Å². The predicted molar refractivity (Wildman–Crippen MR) is 118 cm³/mol. The monoisotopic (exact) mass is 391 g/mol. The summed E-state index contributed by atoms with van der Waals surface area (Å²) in [5.41, 5.74) is 6.01. The van der Waals surface area contributed by atoms with Crippen LogP contribution in [0.2, 0.25) is 0 Å². The fourth-order valence-electron chi connectivity index (χ4n) is 4.17. The molecule has 0 bridgehead atoms. The maximum Gasteiger partial charge on any atom is 0.336 e. The lowest BCUT2D eigenvalue weighted by atomic mass is 9.97. The number of rotatable bonds is 5. The average molecular weight is 392 g/mol. The van der Waals surface area contributed by atoms with Gasteiger partial charge in [-0.15, -0.1) is 0 Å². The quantitative estimate of drug-likeness (QED) is 0.506. The molecule has 4 rings (SSSR count). The zero-order chi connectivity index (χ0) is 20.5. The molecule has 1 aromatic heterocycles. The average Bonchev–Trinajstić information content (AvgIpc) is 2.74. The van der Waals surface area contributed by atoms with Gasteiger partial charge in [0.25, 0.3) is 0 Å². The highest BCUT2D eigenvalue weighted by atomic mass is 16.5. The Bertz CT molecular complexity index is 1080. The number of nitrogens with zero attached hydrogens (tertiary/aromatic N) is 1. The van der Waals surface area contributed by atoms with Crippen molar-refractivity contribution in [2.45, 2.75) is 59.4 Å². The third-order valence-electron chi connectivity index (χ3n) is 6.06. The van der Waals surface area contributed by atoms with E-state index in [2.05, 4.69) is 56.0 Å². The first-order valence-corrected chi connectivity index (χ1v) is 10.6. The van der Waals surface area contributed by atoms with Crippen LogP contribution in [-0.2, 0) is 13.0 Å². The van der Waals surface area contributed by atoms with Crippen LogP contribution in [0.1, 0.15) is 61.8 Å². The Hall–Kier alpha value is -2.75. The van der Waals surface area contributed by atoms with Gasteiger partial charge in [0.15, 0.2) is 6.73 Å². The van der Waals surface area contributed by atoms with Gasteiger partial charge in [0.05, 0.1) is 0 Å². The second-order valence-corrected chi connectivity index (χ2v) is 8.08. The lowest BCUT2D eigenvalue weighted by Crippen LogP contribution is -2.32. The van der Waals surface area contributed by atoms with Crippen LogP contribution in [0.5, 0.6) is 5.75 Å². The Kier molecular flexibility index (Phi) is 5.35. The summed E-state index contributed by atoms with van der Waals surface area (Å²) in [4.78, 5) is 14.3. The molecule has 4 heteroatoms. The Balaban J connectivity index is 1.71. The normalized spacial score (nSPS) is 14.6. The van der Waals surface area contributed by atoms with Crippen molar-refractivity contribution < 1.29 is 9.15 Å². The number of aryl methyl sites for hydroxylation is 2. The fraction of sp³-hybridized carbons (Fsp3) is 0.400. The Morgan fingerprint density at radius 3 is 2.59 bits per heavy atom. The summed E-state index contributed by atoms with van der Waals surface area (Å²) < 4.78 is 11.7. The molecule has 1 atom stereocenters. The van der Waals surface area contributed by atoms with Crippen LogP contribution in [-0.4, -0.2) is 6.73 Å². The van der Waals surface area contributed by atoms with Crippen molar-refractivity contribution in [3.8, 4) is 5.75 Å². The van der Waals surface area contributed by atoms with E-state index in [4.69, 9.17) is 9.15 Å². The minimum absolute atomic E-state index is 0.289. The minimum Gasteiger partial charge on any atom is -0.472 e. The summed E-state index contributed by atoms with van der Waals surface area (Å²) in [6.07, 6.45) is 2.99. The van der Waals surface area contributed by atoms with Crippen LogP contribution >= 0.6 is 0 Å². The van der Waals surface area contributed by atoms with Crippen LogP contribution in [0.25, 0.3) is 11.0 Å². The van der Waals surface area contributed by atoms with E-state index >= 15 is 0 Å². The maximum atomic E-state index is 12.0. The molecule has 0 aliphatic carbocycles. The second kappa shape index (κ2) is 7.94. The van der Waals surface area contributed by atoms with E-state index in [1.54, 1.807) is 6.07 Å². The summed E-state index contributed by atoms with van der Waals surface area (Å²) in [5, 5.41) is 1.03. The highest BCUT2D eigenvalue weighted by Gasteiger charge is 2.23. The molecule has 3 aromatic rings. The van der Waals surface area contributed by atoms with E-state index < -0.39 is 0 Å². The number of hydrogen-bond donors (Lipinski definition) is 0. The van der Waals surface area contributed by atoms with Crippen LogP contribution < -0.4 is 15.3 Å². The Labute approximate surface area is 172 Å². The molecule has 4 nitrogen and oxygen atoms in total. The lowest BCUT2D eigenvalue weighted by molar-refractivity contribution is 0.287. The first-order chi connectivity index (χ1) is 14.0. The van der Waals surface area contributed by atoms with E-state index in [0.717, 1.165) is 59.3 Å². The molecule has 2 aromatic carbocycles. The van der Waals surface area contributed by atoms with Gasteiger partial charge in [0.2, 0.25) is 0 Å². The first-order valence-electron chi connectivity index (χ1n) is 10.6. The maximum absolute atomic E-state index is 12.0. The van der Waals surface area contributed by atoms with Gasteiger partial charge in [0.1, 0.15) is 11.3 Å². The summed E-state index contributed by atoms with van der Waals surface area (Å²) >= 11 is 0. The van der Waals surface area contributed by atoms with Gasteiger partial charge in [-0.2, -0.15) is 0 Å². The van der Waals surface area contributed by atoms with Crippen molar-refractivity contribution in [1.29, 1.82) is 0 Å². The molecule has 0 saturated carbocycles. The van der Waals surface area contributed by atoms with Gasteiger partial charge in [-0.3, -0.25) is 0 Å². The van der Waals surface area contributed by atoms with Gasteiger partial charge < -0.3 is 14.1 Å². The molecule has 0 amide bonds. The summed E-state index contributed by atoms with van der Waals surface area (Å²) in [5.74, 6) is 1.42. The first kappa shape index (κ1) is 19.6. The summed E-state index contributed by atoms with van der Waals surface area (Å²) in [7, 11) is 0. The highest BCUT2D eigenvalue weighted by Crippen LogP contribution is 2.37. The van der Waals surface area contributed by atoms with E-state index in [1.807, 2.05) is 6.92 Å². The van der Waals surface area contributed by atoms with Gasteiger partial charge in [0, 0.05) is 34.8 Å². The predicted octanol–water partition coefficient (Wildman–Crippen LogP) is 5.92. The zero-order valence-electron chi connectivity index (χ0n) is 17.7. The Morgan fingerprint density at radius 2 is 1.90 bits per heavy atom. The molecule has 1 aliphatic rings. The SMILES string of the molecule is CCCc1cc(=O)oc2c(C)c3c(cc12)CN(c1ccc([C@H](C)CC)cc1)CO3. The van der Waals surface area contributed by atoms with Gasteiger partial charge in [-0.25, -0.2) is 4.79 Å². The van der Waals surface area contributed by atoms with Gasteiger partial charge >= 0.3 is 5.63 Å². The number of ether oxygens (including phenoxy) is 1. The smallest absolute Gasteiger partial charge is 0.336 e. The Morgan fingerprint density at radius 1 is 1.14 bits per heavy atom. The van der Waals surface area contributed by atoms with Crippen molar-refractivity contribution >= 4 is 16.7 Å². The largest absolute Gasteiger partial charge is 0.472 e. The third-order valence-corrected chi connectivity index (χ3v) is 6.06. The number of hydrogen-bond acceptors (Lipinski definition) is 4. The molecule has 1 aliphatic heterocycles. The molecule has 29 heavy (non-hydrogen) atoms. The molecule has 0 fully saturated rings. The van der Waals surface area contributed by atoms with E-state index in [0.29, 0.717) is 18.2 Å².